The van der Waals surface area contributed by atoms with Crippen molar-refractivity contribution in [3.05, 3.63) is 213 Å². The number of fused-ring (bicyclic) bond motifs is 1. The second-order valence-corrected chi connectivity index (χ2v) is 22.0. The predicted molar refractivity (Wildman–Crippen MR) is 338 cm³/mol. The molecule has 0 N–H and O–H groups in total. The van der Waals surface area contributed by atoms with Crippen LogP contribution in [0, 0.1) is 0 Å². The fourth-order valence-corrected chi connectivity index (χ4v) is 7.43. The molecule has 1 fully saturated rings. The molecule has 0 radical (unpaired) electrons. The lowest BCUT2D eigenvalue weighted by Gasteiger charge is -2.19. The van der Waals surface area contributed by atoms with Gasteiger partial charge in [0, 0.05) is 123 Å². The van der Waals surface area contributed by atoms with Gasteiger partial charge in [0.15, 0.2) is 0 Å². The van der Waals surface area contributed by atoms with E-state index in [1.807, 2.05) is 130 Å². The van der Waals surface area contributed by atoms with Gasteiger partial charge in [-0.2, -0.15) is 10.2 Å². The molecular formula is C68H101N11O. The van der Waals surface area contributed by atoms with Crippen molar-refractivity contribution in [1.82, 2.24) is 53.1 Å². The summed E-state index contributed by atoms with van der Waals surface area (Å²) in [6.45, 7) is 39.5. The molecule has 1 aliphatic heterocycles. The van der Waals surface area contributed by atoms with Gasteiger partial charge in [0.05, 0.1) is 17.4 Å². The molecule has 12 nitrogen and oxygen atoms in total. The molecule has 9 aromatic rings. The number of pyridine rings is 2. The van der Waals surface area contributed by atoms with Gasteiger partial charge < -0.3 is 18.6 Å². The van der Waals surface area contributed by atoms with Crippen molar-refractivity contribution in [3.8, 4) is 0 Å². The van der Waals surface area contributed by atoms with Crippen LogP contribution < -0.4 is 0 Å². The Labute approximate surface area is 483 Å². The standard InChI is InChI=1S/C10H12N2.C9H12.2C8H11N.C7H13NO.2C7H11N.2C6H10N2/c1-8(2)12-7-11-9-5-3-4-6-10(9)12;1-8(2)9-6-4-3-5-7-9;1-7(2)8-4-3-5-9-6-8;1-7(2)8-5-3-4-6-9-8;1-6(2)8-5-3-4-7(8)9;2*1-7(2)8-5-3-4-6-8;2*1-6(2)8-5-3-4-7-8/h3-8H,1-2H3;3-8H,1-2H3;2*3-7H,1-2H3;6H,3-5H2,1-2H3;2*3-7H,1-2H3;2*3-6H,1-2H3. The van der Waals surface area contributed by atoms with E-state index < -0.39 is 0 Å². The minimum absolute atomic E-state index is 0.324. The van der Waals surface area contributed by atoms with Crippen LogP contribution in [0.3, 0.4) is 0 Å². The number of rotatable bonds is 9. The van der Waals surface area contributed by atoms with E-state index in [2.05, 4.69) is 225 Å². The molecule has 12 heteroatoms. The van der Waals surface area contributed by atoms with Gasteiger partial charge in [-0.3, -0.25) is 24.1 Å². The molecule has 0 spiro atoms. The summed E-state index contributed by atoms with van der Waals surface area (Å²) in [5.74, 6) is 2.13. The lowest BCUT2D eigenvalue weighted by Crippen LogP contribution is -2.31. The normalized spacial score (nSPS) is 11.5. The minimum atomic E-state index is 0.324. The first-order valence-corrected chi connectivity index (χ1v) is 28.9. The summed E-state index contributed by atoms with van der Waals surface area (Å²) in [5, 5.41) is 8.06. The monoisotopic (exact) mass is 1090 g/mol. The third-order valence-electron chi connectivity index (χ3n) is 12.4. The smallest absolute Gasteiger partial charge is 0.222 e. The highest BCUT2D eigenvalue weighted by molar-refractivity contribution is 5.78. The molecule has 0 bridgehead atoms. The summed E-state index contributed by atoms with van der Waals surface area (Å²) >= 11 is 0. The maximum absolute atomic E-state index is 10.9. The number of likely N-dealkylation sites (tertiary alicyclic amines) is 1. The molecule has 7 aromatic heterocycles. The highest BCUT2D eigenvalue weighted by Gasteiger charge is 2.21. The Morgan fingerprint density at radius 2 is 0.912 bits per heavy atom. The van der Waals surface area contributed by atoms with E-state index in [4.69, 9.17) is 0 Å². The number of para-hydroxylation sites is 2. The van der Waals surface area contributed by atoms with E-state index in [9.17, 15) is 4.79 Å². The lowest BCUT2D eigenvalue weighted by atomic mass is 10.0. The molecular weight excluding hydrogens is 987 g/mol. The topological polar surface area (TPSA) is 109 Å². The van der Waals surface area contributed by atoms with Crippen molar-refractivity contribution in [2.24, 2.45) is 0 Å². The van der Waals surface area contributed by atoms with Gasteiger partial charge in [-0.15, -0.1) is 0 Å². The molecule has 2 aromatic carbocycles. The number of nitrogens with zero attached hydrogens (tertiary/aromatic N) is 11. The maximum Gasteiger partial charge on any atom is 0.222 e. The number of imidazole rings is 1. The van der Waals surface area contributed by atoms with Crippen LogP contribution in [0.2, 0.25) is 0 Å². The average Bonchev–Trinajstić information content (AvgIpc) is 4.32. The number of hydrogen-bond donors (Lipinski definition) is 0. The Bertz CT molecular complexity index is 2540. The molecule has 434 valence electrons. The highest BCUT2D eigenvalue weighted by Crippen LogP contribution is 2.17. The molecule has 80 heavy (non-hydrogen) atoms. The largest absolute Gasteiger partial charge is 0.352 e. The van der Waals surface area contributed by atoms with Crippen LogP contribution in [0.15, 0.2) is 196 Å². The van der Waals surface area contributed by atoms with Crippen molar-refractivity contribution >= 4 is 16.9 Å². The lowest BCUT2D eigenvalue weighted by molar-refractivity contribution is -0.129. The fourth-order valence-electron chi connectivity index (χ4n) is 7.43. The summed E-state index contributed by atoms with van der Waals surface area (Å²) < 4.78 is 10.3. The maximum atomic E-state index is 10.9. The van der Waals surface area contributed by atoms with Crippen LogP contribution >= 0.6 is 0 Å². The third kappa shape index (κ3) is 28.0. The Balaban J connectivity index is 0.000000309. The van der Waals surface area contributed by atoms with Crippen molar-refractivity contribution in [3.63, 3.8) is 0 Å². The molecule has 0 saturated carbocycles. The summed E-state index contributed by atoms with van der Waals surface area (Å²) in [4.78, 5) is 25.4. The number of aromatic nitrogens is 10. The first kappa shape index (κ1) is 68.8. The number of amides is 1. The average molecular weight is 1090 g/mol. The highest BCUT2D eigenvalue weighted by atomic mass is 16.2. The van der Waals surface area contributed by atoms with Crippen molar-refractivity contribution in [2.75, 3.05) is 6.54 Å². The van der Waals surface area contributed by atoms with Crippen molar-refractivity contribution < 1.29 is 4.79 Å². The van der Waals surface area contributed by atoms with Crippen molar-refractivity contribution in [2.45, 2.75) is 191 Å². The van der Waals surface area contributed by atoms with Gasteiger partial charge in [0.1, 0.15) is 0 Å². The van der Waals surface area contributed by atoms with Gasteiger partial charge in [-0.05, 0) is 185 Å². The number of benzene rings is 2. The van der Waals surface area contributed by atoms with Crippen LogP contribution in [-0.2, 0) is 4.79 Å². The van der Waals surface area contributed by atoms with Gasteiger partial charge in [0.25, 0.3) is 0 Å². The Morgan fingerprint density at radius 3 is 1.21 bits per heavy atom. The zero-order valence-electron chi connectivity index (χ0n) is 52.1. The number of carbonyl (C=O) groups is 1. The quantitative estimate of drug-likeness (QED) is 0.142. The van der Waals surface area contributed by atoms with Crippen LogP contribution in [0.4, 0.5) is 0 Å². The van der Waals surface area contributed by atoms with Gasteiger partial charge in [-0.25, -0.2) is 4.98 Å². The van der Waals surface area contributed by atoms with Crippen LogP contribution in [0.25, 0.3) is 11.0 Å². The summed E-state index contributed by atoms with van der Waals surface area (Å²) in [5.41, 5.74) is 6.17. The Hall–Kier alpha value is -7.34. The zero-order valence-corrected chi connectivity index (χ0v) is 52.1. The fraction of sp³-hybridized carbons (Fsp3) is 0.441. The SMILES string of the molecule is CC(C)N1CCCC1=O.CC(C)c1ccccc1.CC(C)c1ccccn1.CC(C)c1cccnc1.CC(C)n1cccc1.CC(C)n1cccc1.CC(C)n1cccn1.CC(C)n1cccn1.CC(C)n1cnc2ccccc21. The Kier molecular flexibility index (Phi) is 33.6. The summed E-state index contributed by atoms with van der Waals surface area (Å²) in [7, 11) is 0. The summed E-state index contributed by atoms with van der Waals surface area (Å²) in [6.07, 6.45) is 25.1. The van der Waals surface area contributed by atoms with E-state index in [-0.39, 0.29) is 0 Å². The second-order valence-electron chi connectivity index (χ2n) is 22.0. The number of hydrogen-bond acceptors (Lipinski definition) is 6. The van der Waals surface area contributed by atoms with E-state index >= 15 is 0 Å². The van der Waals surface area contributed by atoms with Crippen LogP contribution in [-0.4, -0.2) is 71.6 Å². The second kappa shape index (κ2) is 39.1. The number of carbonyl (C=O) groups excluding carboxylic acids is 1. The molecule has 0 aliphatic carbocycles. The van der Waals surface area contributed by atoms with Crippen LogP contribution in [0.5, 0.6) is 0 Å². The van der Waals surface area contributed by atoms with Crippen LogP contribution in [0.1, 0.15) is 202 Å². The van der Waals surface area contributed by atoms with Gasteiger partial charge in [-0.1, -0.05) is 96.1 Å². The molecule has 0 unspecified atom stereocenters. The predicted octanol–water partition coefficient (Wildman–Crippen LogP) is 17.9. The molecule has 1 saturated heterocycles. The van der Waals surface area contributed by atoms with Gasteiger partial charge in [0.2, 0.25) is 5.91 Å². The van der Waals surface area contributed by atoms with E-state index in [0.29, 0.717) is 59.9 Å². The van der Waals surface area contributed by atoms with E-state index in [1.165, 1.54) is 16.6 Å². The van der Waals surface area contributed by atoms with E-state index in [1.54, 1.807) is 18.6 Å². The first-order valence-electron chi connectivity index (χ1n) is 28.9. The third-order valence-corrected chi connectivity index (χ3v) is 12.4. The first-order chi connectivity index (χ1) is 38.1. The Morgan fingerprint density at radius 1 is 0.412 bits per heavy atom. The van der Waals surface area contributed by atoms with E-state index in [0.717, 1.165) is 30.6 Å². The van der Waals surface area contributed by atoms with Crippen molar-refractivity contribution in [1.29, 1.82) is 0 Å². The van der Waals surface area contributed by atoms with Gasteiger partial charge >= 0.3 is 0 Å². The zero-order chi connectivity index (χ0) is 59.4. The molecule has 8 heterocycles. The minimum Gasteiger partial charge on any atom is -0.352 e. The molecule has 10 rings (SSSR count). The molecule has 1 amide bonds. The molecule has 0 atom stereocenters. The summed E-state index contributed by atoms with van der Waals surface area (Å²) in [6, 6.07) is 43.9. The molecule has 1 aliphatic rings.